The molecule has 0 aliphatic heterocycles. The van der Waals surface area contributed by atoms with E-state index in [0.29, 0.717) is 17.3 Å². The van der Waals surface area contributed by atoms with Gasteiger partial charge in [-0.3, -0.25) is 4.79 Å². The number of carbonyl (C=O) groups excluding carboxylic acids is 2. The molecule has 0 aliphatic rings. The van der Waals surface area contributed by atoms with Gasteiger partial charge in [0.25, 0.3) is 0 Å². The van der Waals surface area contributed by atoms with E-state index >= 15 is 0 Å². The molecule has 0 unspecified atom stereocenters. The van der Waals surface area contributed by atoms with Gasteiger partial charge in [0.15, 0.2) is 0 Å². The first-order valence-electron chi connectivity index (χ1n) is 6.70. The summed E-state index contributed by atoms with van der Waals surface area (Å²) in [6.45, 7) is 1.84. The van der Waals surface area contributed by atoms with Crippen LogP contribution in [-0.4, -0.2) is 11.9 Å². The molecule has 3 N–H and O–H groups in total. The quantitative estimate of drug-likeness (QED) is 0.806. The van der Waals surface area contributed by atoms with Gasteiger partial charge in [-0.1, -0.05) is 29.8 Å². The van der Waals surface area contributed by atoms with E-state index in [1.165, 1.54) is 6.92 Å². The van der Waals surface area contributed by atoms with Gasteiger partial charge in [-0.15, -0.1) is 0 Å². The van der Waals surface area contributed by atoms with Gasteiger partial charge in [0.2, 0.25) is 5.91 Å². The highest BCUT2D eigenvalue weighted by atomic mass is 35.5. The van der Waals surface area contributed by atoms with Crippen molar-refractivity contribution < 1.29 is 9.59 Å². The van der Waals surface area contributed by atoms with Crippen LogP contribution < -0.4 is 16.0 Å². The summed E-state index contributed by atoms with van der Waals surface area (Å²) in [7, 11) is 0. The third-order valence-electron chi connectivity index (χ3n) is 2.81. The highest BCUT2D eigenvalue weighted by molar-refractivity contribution is 6.30. The first-order valence-corrected chi connectivity index (χ1v) is 7.08. The molecule has 0 radical (unpaired) electrons. The van der Waals surface area contributed by atoms with E-state index in [0.717, 1.165) is 11.3 Å². The van der Waals surface area contributed by atoms with Gasteiger partial charge >= 0.3 is 6.03 Å². The molecule has 2 aromatic rings. The van der Waals surface area contributed by atoms with Crippen molar-refractivity contribution >= 4 is 34.9 Å². The number of amides is 3. The lowest BCUT2D eigenvalue weighted by Gasteiger charge is -2.08. The Morgan fingerprint density at radius 2 is 1.73 bits per heavy atom. The Bertz CT molecular complexity index is 671. The number of halogens is 1. The molecule has 0 heterocycles. The largest absolute Gasteiger partial charge is 0.334 e. The summed E-state index contributed by atoms with van der Waals surface area (Å²) >= 11 is 5.85. The molecule has 0 aromatic heterocycles. The second kappa shape index (κ2) is 7.47. The fourth-order valence-corrected chi connectivity index (χ4v) is 2.02. The summed E-state index contributed by atoms with van der Waals surface area (Å²) in [5.41, 5.74) is 2.28. The van der Waals surface area contributed by atoms with E-state index in [9.17, 15) is 9.59 Å². The Hall–Kier alpha value is -2.53. The summed E-state index contributed by atoms with van der Waals surface area (Å²) in [4.78, 5) is 22.7. The molecule has 0 fully saturated rings. The van der Waals surface area contributed by atoms with Crippen molar-refractivity contribution in [1.82, 2.24) is 5.32 Å². The average molecular weight is 318 g/mol. The predicted molar refractivity (Wildman–Crippen MR) is 88.1 cm³/mol. The summed E-state index contributed by atoms with van der Waals surface area (Å²) < 4.78 is 0. The SMILES string of the molecule is CC(=O)Nc1ccc(CNC(=O)Nc2cccc(Cl)c2)cc1. The molecule has 0 spiro atoms. The lowest BCUT2D eigenvalue weighted by Crippen LogP contribution is -2.28. The van der Waals surface area contributed by atoms with Crippen molar-refractivity contribution in [3.63, 3.8) is 0 Å². The summed E-state index contributed by atoms with van der Waals surface area (Å²) in [6, 6.07) is 13.9. The van der Waals surface area contributed by atoms with Gasteiger partial charge in [0.1, 0.15) is 0 Å². The minimum atomic E-state index is -0.312. The number of hydrogen-bond acceptors (Lipinski definition) is 2. The number of hydrogen-bond donors (Lipinski definition) is 3. The minimum Gasteiger partial charge on any atom is -0.334 e. The van der Waals surface area contributed by atoms with Gasteiger partial charge in [-0.05, 0) is 35.9 Å². The number of rotatable bonds is 4. The average Bonchev–Trinajstić information content (AvgIpc) is 2.46. The smallest absolute Gasteiger partial charge is 0.319 e. The number of carbonyl (C=O) groups is 2. The maximum atomic E-state index is 11.8. The highest BCUT2D eigenvalue weighted by Crippen LogP contribution is 2.14. The first kappa shape index (κ1) is 15.9. The van der Waals surface area contributed by atoms with E-state index in [2.05, 4.69) is 16.0 Å². The summed E-state index contributed by atoms with van der Waals surface area (Å²) in [6.07, 6.45) is 0. The Balaban J connectivity index is 1.84. The van der Waals surface area contributed by atoms with Crippen LogP contribution in [0.5, 0.6) is 0 Å². The van der Waals surface area contributed by atoms with Gasteiger partial charge in [-0.2, -0.15) is 0 Å². The molecule has 2 aromatic carbocycles. The second-order valence-electron chi connectivity index (χ2n) is 4.70. The third kappa shape index (κ3) is 5.10. The Labute approximate surface area is 133 Å². The number of anilines is 2. The van der Waals surface area contributed by atoms with Crippen molar-refractivity contribution in [2.75, 3.05) is 10.6 Å². The number of urea groups is 1. The van der Waals surface area contributed by atoms with Gasteiger partial charge in [-0.25, -0.2) is 4.79 Å². The van der Waals surface area contributed by atoms with E-state index in [-0.39, 0.29) is 11.9 Å². The van der Waals surface area contributed by atoms with E-state index < -0.39 is 0 Å². The van der Waals surface area contributed by atoms with E-state index in [1.54, 1.807) is 36.4 Å². The molecule has 0 saturated carbocycles. The first-order chi connectivity index (χ1) is 10.5. The molecule has 2 rings (SSSR count). The molecule has 0 bridgehead atoms. The second-order valence-corrected chi connectivity index (χ2v) is 5.13. The summed E-state index contributed by atoms with van der Waals surface area (Å²) in [5, 5.41) is 8.69. The topological polar surface area (TPSA) is 70.2 Å². The molecule has 22 heavy (non-hydrogen) atoms. The zero-order valence-electron chi connectivity index (χ0n) is 12.0. The van der Waals surface area contributed by atoms with Crippen LogP contribution in [0.2, 0.25) is 5.02 Å². The Kier molecular flexibility index (Phi) is 5.38. The standard InChI is InChI=1S/C16H16ClN3O2/c1-11(21)19-14-7-5-12(6-8-14)10-18-16(22)20-15-4-2-3-13(17)9-15/h2-9H,10H2,1H3,(H,19,21)(H2,18,20,22). The monoisotopic (exact) mass is 317 g/mol. The van der Waals surface area contributed by atoms with Crippen molar-refractivity contribution in [3.05, 3.63) is 59.1 Å². The maximum absolute atomic E-state index is 11.8. The van der Waals surface area contributed by atoms with Crippen LogP contribution in [0.3, 0.4) is 0 Å². The van der Waals surface area contributed by atoms with Crippen LogP contribution in [0.25, 0.3) is 0 Å². The molecule has 0 atom stereocenters. The molecule has 5 nitrogen and oxygen atoms in total. The van der Waals surface area contributed by atoms with Crippen LogP contribution in [0.15, 0.2) is 48.5 Å². The lowest BCUT2D eigenvalue weighted by molar-refractivity contribution is -0.114. The van der Waals surface area contributed by atoms with Crippen molar-refractivity contribution in [2.45, 2.75) is 13.5 Å². The van der Waals surface area contributed by atoms with Gasteiger partial charge in [0.05, 0.1) is 0 Å². The van der Waals surface area contributed by atoms with Gasteiger partial charge < -0.3 is 16.0 Å². The highest BCUT2D eigenvalue weighted by Gasteiger charge is 2.02. The van der Waals surface area contributed by atoms with E-state index in [4.69, 9.17) is 11.6 Å². The predicted octanol–water partition coefficient (Wildman–Crippen LogP) is 3.62. The molecule has 114 valence electrons. The molecule has 0 aliphatic carbocycles. The third-order valence-corrected chi connectivity index (χ3v) is 3.04. The fraction of sp³-hybridized carbons (Fsp3) is 0.125. The molecule has 3 amide bonds. The minimum absolute atomic E-state index is 0.119. The zero-order valence-corrected chi connectivity index (χ0v) is 12.8. The van der Waals surface area contributed by atoms with Crippen LogP contribution in [-0.2, 0) is 11.3 Å². The van der Waals surface area contributed by atoms with Crippen LogP contribution in [0.1, 0.15) is 12.5 Å². The lowest BCUT2D eigenvalue weighted by atomic mass is 10.2. The van der Waals surface area contributed by atoms with E-state index in [1.807, 2.05) is 12.1 Å². The Morgan fingerprint density at radius 1 is 1.00 bits per heavy atom. The Morgan fingerprint density at radius 3 is 2.36 bits per heavy atom. The number of nitrogens with one attached hydrogen (secondary N) is 3. The van der Waals surface area contributed by atoms with Crippen molar-refractivity contribution in [3.8, 4) is 0 Å². The normalized spacial score (nSPS) is 9.91. The molecule has 6 heteroatoms. The molecular weight excluding hydrogens is 302 g/mol. The van der Waals surface area contributed by atoms with Crippen LogP contribution in [0.4, 0.5) is 16.2 Å². The summed E-state index contributed by atoms with van der Waals surface area (Å²) in [5.74, 6) is -0.119. The molecule has 0 saturated heterocycles. The van der Waals surface area contributed by atoms with Crippen molar-refractivity contribution in [2.24, 2.45) is 0 Å². The van der Waals surface area contributed by atoms with Crippen LogP contribution >= 0.6 is 11.6 Å². The van der Waals surface area contributed by atoms with Crippen LogP contribution in [0, 0.1) is 0 Å². The maximum Gasteiger partial charge on any atom is 0.319 e. The van der Waals surface area contributed by atoms with Crippen molar-refractivity contribution in [1.29, 1.82) is 0 Å². The van der Waals surface area contributed by atoms with Gasteiger partial charge in [0, 0.05) is 29.9 Å². The molecular formula is C16H16ClN3O2. The number of benzene rings is 2. The zero-order chi connectivity index (χ0) is 15.9. The fourth-order valence-electron chi connectivity index (χ4n) is 1.83.